The third-order valence-electron chi connectivity index (χ3n) is 3.79. The molecular formula is C16H16N2O3. The smallest absolute Gasteiger partial charge is 0.333 e. The molecule has 0 amide bonds. The first-order valence-electron chi connectivity index (χ1n) is 6.85. The van der Waals surface area contributed by atoms with E-state index in [2.05, 4.69) is 4.98 Å². The predicted octanol–water partition coefficient (Wildman–Crippen LogP) is 1.46. The van der Waals surface area contributed by atoms with E-state index >= 15 is 0 Å². The van der Waals surface area contributed by atoms with Crippen LogP contribution in [0.5, 0.6) is 0 Å². The standard InChI is InChI=1S/C16H16N2O3/c1-4-21-14(19)8-13-16(20)18-10(3)9(2)11-6-5-7-12(17-13)15(11)18/h5-8,17H,4H2,1-3H3/b13-8-. The molecule has 0 bridgehead atoms. The van der Waals surface area contributed by atoms with E-state index in [4.69, 9.17) is 4.74 Å². The Morgan fingerprint density at radius 2 is 2.14 bits per heavy atom. The average molecular weight is 284 g/mol. The normalized spacial score (nSPS) is 12.4. The lowest BCUT2D eigenvalue weighted by Crippen LogP contribution is -2.35. The topological polar surface area (TPSA) is 63.6 Å². The second-order valence-corrected chi connectivity index (χ2v) is 4.99. The first kappa shape index (κ1) is 13.4. The molecule has 1 N–H and O–H groups in total. The number of nitrogens with one attached hydrogen (secondary N) is 1. The Hall–Kier alpha value is -2.56. The highest BCUT2D eigenvalue weighted by molar-refractivity contribution is 6.00. The van der Waals surface area contributed by atoms with Crippen LogP contribution in [0.4, 0.5) is 0 Å². The summed E-state index contributed by atoms with van der Waals surface area (Å²) < 4.78 is 6.53. The number of carbonyl (C=O) groups is 1. The van der Waals surface area contributed by atoms with Crippen molar-refractivity contribution in [3.8, 4) is 0 Å². The van der Waals surface area contributed by atoms with Crippen molar-refractivity contribution in [3.63, 3.8) is 0 Å². The predicted molar refractivity (Wildman–Crippen MR) is 81.3 cm³/mol. The maximum Gasteiger partial charge on any atom is 0.333 e. The number of carbonyl (C=O) groups excluding carboxylic acids is 1. The fourth-order valence-corrected chi connectivity index (χ4v) is 2.69. The van der Waals surface area contributed by atoms with E-state index in [-0.39, 0.29) is 17.5 Å². The number of hydrogen-bond donors (Lipinski definition) is 1. The Balaban J connectivity index is 2.46. The quantitative estimate of drug-likeness (QED) is 0.725. The summed E-state index contributed by atoms with van der Waals surface area (Å²) in [5, 5.41) is 1.27. The first-order valence-corrected chi connectivity index (χ1v) is 6.85. The summed E-state index contributed by atoms with van der Waals surface area (Å²) in [5.41, 5.74) is 3.40. The van der Waals surface area contributed by atoms with Crippen molar-refractivity contribution in [1.82, 2.24) is 9.38 Å². The number of aromatic nitrogens is 2. The lowest BCUT2D eigenvalue weighted by atomic mass is 10.1. The molecule has 3 aromatic rings. The van der Waals surface area contributed by atoms with E-state index in [0.29, 0.717) is 0 Å². The largest absolute Gasteiger partial charge is 0.463 e. The highest BCUT2D eigenvalue weighted by Crippen LogP contribution is 2.25. The number of rotatable bonds is 2. The van der Waals surface area contributed by atoms with E-state index in [9.17, 15) is 9.59 Å². The Morgan fingerprint density at radius 1 is 1.38 bits per heavy atom. The van der Waals surface area contributed by atoms with Crippen LogP contribution in [0.3, 0.4) is 0 Å². The number of benzene rings is 1. The Kier molecular flexibility index (Phi) is 3.05. The van der Waals surface area contributed by atoms with Crippen LogP contribution in [0, 0.1) is 13.8 Å². The lowest BCUT2D eigenvalue weighted by Gasteiger charge is -2.02. The molecule has 0 unspecified atom stereocenters. The molecule has 3 rings (SSSR count). The number of H-pyrrole nitrogens is 1. The van der Waals surface area contributed by atoms with Gasteiger partial charge in [-0.05, 0) is 32.4 Å². The van der Waals surface area contributed by atoms with E-state index in [0.717, 1.165) is 27.7 Å². The summed E-state index contributed by atoms with van der Waals surface area (Å²) >= 11 is 0. The fraction of sp³-hybridized carbons (Fsp3) is 0.250. The number of aromatic amines is 1. The Labute approximate surface area is 120 Å². The van der Waals surface area contributed by atoms with Crippen LogP contribution in [0.15, 0.2) is 23.0 Å². The Bertz CT molecular complexity index is 963. The monoisotopic (exact) mass is 284 g/mol. The molecule has 0 radical (unpaired) electrons. The molecule has 0 saturated heterocycles. The van der Waals surface area contributed by atoms with Gasteiger partial charge in [0.15, 0.2) is 0 Å². The molecule has 2 heterocycles. The molecular weight excluding hydrogens is 268 g/mol. The van der Waals surface area contributed by atoms with Crippen molar-refractivity contribution in [1.29, 1.82) is 0 Å². The molecule has 0 saturated carbocycles. The number of ether oxygens (including phenoxy) is 1. The Morgan fingerprint density at radius 3 is 2.86 bits per heavy atom. The summed E-state index contributed by atoms with van der Waals surface area (Å²) in [7, 11) is 0. The van der Waals surface area contributed by atoms with Gasteiger partial charge in [0, 0.05) is 11.1 Å². The van der Waals surface area contributed by atoms with Gasteiger partial charge < -0.3 is 9.72 Å². The van der Waals surface area contributed by atoms with Crippen molar-refractivity contribution in [2.75, 3.05) is 6.61 Å². The highest BCUT2D eigenvalue weighted by Gasteiger charge is 2.14. The fourth-order valence-electron chi connectivity index (χ4n) is 2.69. The number of nitrogens with zero attached hydrogens (tertiary/aromatic N) is 1. The van der Waals surface area contributed by atoms with Gasteiger partial charge in [-0.2, -0.15) is 0 Å². The SMILES string of the molecule is CCOC(=O)/C=c1\[nH]c2cccc3c(C)c(C)n(c1=O)c23. The molecule has 0 spiro atoms. The molecule has 5 heteroatoms. The van der Waals surface area contributed by atoms with Crippen LogP contribution in [-0.4, -0.2) is 22.0 Å². The van der Waals surface area contributed by atoms with Crippen LogP contribution in [0.1, 0.15) is 18.2 Å². The maximum atomic E-state index is 12.6. The molecule has 2 aromatic heterocycles. The summed E-state index contributed by atoms with van der Waals surface area (Å²) in [6.45, 7) is 5.90. The van der Waals surface area contributed by atoms with Gasteiger partial charge in [0.1, 0.15) is 5.35 Å². The average Bonchev–Trinajstić information content (AvgIpc) is 2.71. The maximum absolute atomic E-state index is 12.6. The minimum absolute atomic E-state index is 0.229. The van der Waals surface area contributed by atoms with Gasteiger partial charge in [-0.25, -0.2) is 4.79 Å². The lowest BCUT2D eigenvalue weighted by molar-refractivity contribution is -0.135. The van der Waals surface area contributed by atoms with Crippen molar-refractivity contribution < 1.29 is 9.53 Å². The van der Waals surface area contributed by atoms with E-state index in [1.165, 1.54) is 6.08 Å². The van der Waals surface area contributed by atoms with Crippen LogP contribution in [-0.2, 0) is 9.53 Å². The molecule has 5 nitrogen and oxygen atoms in total. The van der Waals surface area contributed by atoms with Crippen LogP contribution in [0.25, 0.3) is 22.5 Å². The minimum Gasteiger partial charge on any atom is -0.463 e. The molecule has 1 aromatic carbocycles. The van der Waals surface area contributed by atoms with Gasteiger partial charge in [0.05, 0.1) is 23.7 Å². The van der Waals surface area contributed by atoms with Gasteiger partial charge >= 0.3 is 5.97 Å². The highest BCUT2D eigenvalue weighted by atomic mass is 16.5. The number of aryl methyl sites for hydroxylation is 2. The summed E-state index contributed by atoms with van der Waals surface area (Å²) in [6, 6.07) is 5.81. The third-order valence-corrected chi connectivity index (χ3v) is 3.79. The number of para-hydroxylation sites is 1. The van der Waals surface area contributed by atoms with E-state index in [1.54, 1.807) is 11.3 Å². The summed E-state index contributed by atoms with van der Waals surface area (Å²) in [6.07, 6.45) is 1.21. The van der Waals surface area contributed by atoms with Crippen molar-refractivity contribution in [2.45, 2.75) is 20.8 Å². The van der Waals surface area contributed by atoms with Gasteiger partial charge in [0.25, 0.3) is 5.56 Å². The zero-order valence-electron chi connectivity index (χ0n) is 12.2. The minimum atomic E-state index is -0.523. The van der Waals surface area contributed by atoms with Crippen molar-refractivity contribution in [2.24, 2.45) is 0 Å². The molecule has 21 heavy (non-hydrogen) atoms. The van der Waals surface area contributed by atoms with Gasteiger partial charge in [-0.1, -0.05) is 12.1 Å². The zero-order chi connectivity index (χ0) is 15.1. The molecule has 0 fully saturated rings. The molecule has 0 atom stereocenters. The number of esters is 1. The van der Waals surface area contributed by atoms with E-state index in [1.807, 2.05) is 32.0 Å². The number of hydrogen-bond acceptors (Lipinski definition) is 3. The molecule has 0 aliphatic rings. The van der Waals surface area contributed by atoms with E-state index < -0.39 is 5.97 Å². The van der Waals surface area contributed by atoms with Crippen molar-refractivity contribution in [3.05, 3.63) is 45.2 Å². The van der Waals surface area contributed by atoms with Crippen LogP contribution < -0.4 is 10.9 Å². The molecule has 0 aliphatic heterocycles. The summed E-state index contributed by atoms with van der Waals surface area (Å²) in [4.78, 5) is 27.2. The third kappa shape index (κ3) is 1.93. The summed E-state index contributed by atoms with van der Waals surface area (Å²) in [5.74, 6) is -0.523. The first-order chi connectivity index (χ1) is 10.0. The second-order valence-electron chi connectivity index (χ2n) is 4.99. The van der Waals surface area contributed by atoms with Gasteiger partial charge in [-0.15, -0.1) is 0 Å². The zero-order valence-corrected chi connectivity index (χ0v) is 12.2. The van der Waals surface area contributed by atoms with Crippen molar-refractivity contribution >= 4 is 28.5 Å². The van der Waals surface area contributed by atoms with Crippen LogP contribution in [0.2, 0.25) is 0 Å². The van der Waals surface area contributed by atoms with Crippen LogP contribution >= 0.6 is 0 Å². The second kappa shape index (κ2) is 4.77. The van der Waals surface area contributed by atoms with Gasteiger partial charge in [-0.3, -0.25) is 9.20 Å². The van der Waals surface area contributed by atoms with Gasteiger partial charge in [0.2, 0.25) is 0 Å². The molecule has 108 valence electrons. The molecule has 0 aliphatic carbocycles.